The highest BCUT2D eigenvalue weighted by Crippen LogP contribution is 2.29. The summed E-state index contributed by atoms with van der Waals surface area (Å²) in [5.74, 6) is -5.36. The highest BCUT2D eigenvalue weighted by Gasteiger charge is 2.34. The molecular formula is C16H17F5O2. The van der Waals surface area contributed by atoms with Crippen LogP contribution in [0.5, 0.6) is 5.75 Å². The first kappa shape index (κ1) is 17.7. The van der Waals surface area contributed by atoms with Gasteiger partial charge >= 0.3 is 6.11 Å². The summed E-state index contributed by atoms with van der Waals surface area (Å²) in [5, 5.41) is 0. The van der Waals surface area contributed by atoms with E-state index in [0.29, 0.717) is 30.9 Å². The van der Waals surface area contributed by atoms with E-state index in [9.17, 15) is 22.0 Å². The van der Waals surface area contributed by atoms with Crippen molar-refractivity contribution in [2.24, 2.45) is 5.92 Å². The van der Waals surface area contributed by atoms with Crippen molar-refractivity contribution in [1.82, 2.24) is 0 Å². The minimum atomic E-state index is -3.77. The molecule has 1 aromatic carbocycles. The maximum absolute atomic E-state index is 13.7. The zero-order chi connectivity index (χ0) is 17.0. The van der Waals surface area contributed by atoms with Gasteiger partial charge in [0.1, 0.15) is 5.75 Å². The third-order valence-corrected chi connectivity index (χ3v) is 3.76. The van der Waals surface area contributed by atoms with E-state index in [1.807, 2.05) is 6.08 Å². The molecule has 0 heterocycles. The summed E-state index contributed by atoms with van der Waals surface area (Å²) < 4.78 is 75.4. The van der Waals surface area contributed by atoms with Crippen LogP contribution in [0.15, 0.2) is 24.8 Å². The summed E-state index contributed by atoms with van der Waals surface area (Å²) in [6.45, 7) is 2.65. The third kappa shape index (κ3) is 4.92. The lowest BCUT2D eigenvalue weighted by Gasteiger charge is -2.28. The topological polar surface area (TPSA) is 18.5 Å². The molecule has 1 fully saturated rings. The van der Waals surface area contributed by atoms with Crippen molar-refractivity contribution in [3.63, 3.8) is 0 Å². The SMILES string of the molecule is C=CC1CCC(OCC(F)(F)Oc2cc(F)c(F)c(F)c2)CC1. The first-order chi connectivity index (χ1) is 10.8. The zero-order valence-corrected chi connectivity index (χ0v) is 12.3. The van der Waals surface area contributed by atoms with E-state index in [2.05, 4.69) is 11.3 Å². The van der Waals surface area contributed by atoms with Gasteiger partial charge in [-0.25, -0.2) is 13.2 Å². The Balaban J connectivity index is 1.88. The molecule has 0 amide bonds. The van der Waals surface area contributed by atoms with Crippen LogP contribution >= 0.6 is 0 Å². The molecule has 1 saturated carbocycles. The van der Waals surface area contributed by atoms with Crippen molar-refractivity contribution in [2.45, 2.75) is 37.9 Å². The van der Waals surface area contributed by atoms with Crippen molar-refractivity contribution >= 4 is 0 Å². The van der Waals surface area contributed by atoms with Crippen LogP contribution in [0.2, 0.25) is 0 Å². The van der Waals surface area contributed by atoms with Crippen molar-refractivity contribution in [1.29, 1.82) is 0 Å². The zero-order valence-electron chi connectivity index (χ0n) is 12.3. The summed E-state index contributed by atoms with van der Waals surface area (Å²) in [6, 6.07) is 0.725. The second-order valence-corrected chi connectivity index (χ2v) is 5.52. The number of hydrogen-bond acceptors (Lipinski definition) is 2. The van der Waals surface area contributed by atoms with Crippen LogP contribution in [0.4, 0.5) is 22.0 Å². The summed E-state index contributed by atoms with van der Waals surface area (Å²) in [7, 11) is 0. The van der Waals surface area contributed by atoms with E-state index in [0.717, 1.165) is 12.8 Å². The summed E-state index contributed by atoms with van der Waals surface area (Å²) in [5.41, 5.74) is 0. The fourth-order valence-electron chi connectivity index (χ4n) is 2.50. The van der Waals surface area contributed by atoms with E-state index in [4.69, 9.17) is 4.74 Å². The number of ether oxygens (including phenoxy) is 2. The number of benzene rings is 1. The molecule has 23 heavy (non-hydrogen) atoms. The number of halogens is 5. The first-order valence-corrected chi connectivity index (χ1v) is 7.26. The van der Waals surface area contributed by atoms with E-state index < -0.39 is 35.9 Å². The smallest absolute Gasteiger partial charge is 0.421 e. The Morgan fingerprint density at radius 2 is 1.65 bits per heavy atom. The van der Waals surface area contributed by atoms with Crippen molar-refractivity contribution < 1.29 is 31.4 Å². The van der Waals surface area contributed by atoms with Gasteiger partial charge in [-0.15, -0.1) is 6.58 Å². The molecule has 1 aliphatic rings. The van der Waals surface area contributed by atoms with Gasteiger partial charge in [0.15, 0.2) is 24.1 Å². The molecule has 0 N–H and O–H groups in total. The molecule has 2 nitrogen and oxygen atoms in total. The minimum absolute atomic E-state index is 0.317. The molecule has 0 bridgehead atoms. The Morgan fingerprint density at radius 3 is 2.17 bits per heavy atom. The molecule has 0 saturated heterocycles. The Bertz CT molecular complexity index is 530. The fourth-order valence-corrected chi connectivity index (χ4v) is 2.50. The predicted molar refractivity (Wildman–Crippen MR) is 73.8 cm³/mol. The highest BCUT2D eigenvalue weighted by atomic mass is 19.3. The average molecular weight is 336 g/mol. The number of hydrogen-bond donors (Lipinski definition) is 0. The van der Waals surface area contributed by atoms with E-state index in [-0.39, 0.29) is 6.10 Å². The maximum atomic E-state index is 13.7. The number of alkyl halides is 2. The average Bonchev–Trinajstić information content (AvgIpc) is 2.51. The minimum Gasteiger partial charge on any atom is -0.431 e. The first-order valence-electron chi connectivity index (χ1n) is 7.26. The highest BCUT2D eigenvalue weighted by molar-refractivity contribution is 5.25. The van der Waals surface area contributed by atoms with Gasteiger partial charge in [0.25, 0.3) is 0 Å². The monoisotopic (exact) mass is 336 g/mol. The Morgan fingerprint density at radius 1 is 1.09 bits per heavy atom. The molecule has 0 atom stereocenters. The van der Waals surface area contributed by atoms with Gasteiger partial charge < -0.3 is 9.47 Å². The molecule has 0 radical (unpaired) electrons. The molecule has 1 aliphatic carbocycles. The van der Waals surface area contributed by atoms with Gasteiger partial charge in [-0.1, -0.05) is 6.08 Å². The second-order valence-electron chi connectivity index (χ2n) is 5.52. The largest absolute Gasteiger partial charge is 0.431 e. The predicted octanol–water partition coefficient (Wildman–Crippen LogP) is 4.84. The van der Waals surface area contributed by atoms with Crippen LogP contribution < -0.4 is 4.74 Å². The van der Waals surface area contributed by atoms with Crippen molar-refractivity contribution in [3.8, 4) is 5.75 Å². The maximum Gasteiger partial charge on any atom is 0.421 e. The number of allylic oxidation sites excluding steroid dienone is 1. The van der Waals surface area contributed by atoms with Crippen LogP contribution in [-0.2, 0) is 4.74 Å². The molecule has 7 heteroatoms. The van der Waals surface area contributed by atoms with Crippen molar-refractivity contribution in [3.05, 3.63) is 42.2 Å². The number of rotatable bonds is 6. The summed E-state index contributed by atoms with van der Waals surface area (Å²) in [6.07, 6.45) is 0.642. The summed E-state index contributed by atoms with van der Waals surface area (Å²) >= 11 is 0. The molecular weight excluding hydrogens is 319 g/mol. The molecule has 2 rings (SSSR count). The Hall–Kier alpha value is -1.63. The quantitative estimate of drug-likeness (QED) is 0.421. The van der Waals surface area contributed by atoms with E-state index >= 15 is 0 Å². The van der Waals surface area contributed by atoms with Gasteiger partial charge in [0.2, 0.25) is 0 Å². The standard InChI is InChI=1S/C16H17F5O2/c1-2-10-3-5-11(6-4-10)22-9-16(20,21)23-12-7-13(17)15(19)14(18)8-12/h2,7-8,10-11H,1,3-6,9H2. The molecule has 0 aliphatic heterocycles. The van der Waals surface area contributed by atoms with Crippen LogP contribution in [0.3, 0.4) is 0 Å². The molecule has 128 valence electrons. The lowest BCUT2D eigenvalue weighted by molar-refractivity contribution is -0.222. The van der Waals surface area contributed by atoms with Crippen molar-refractivity contribution in [2.75, 3.05) is 6.61 Å². The molecule has 1 aromatic rings. The normalized spacial score (nSPS) is 22.0. The third-order valence-electron chi connectivity index (χ3n) is 3.76. The fraction of sp³-hybridized carbons (Fsp3) is 0.500. The lowest BCUT2D eigenvalue weighted by atomic mass is 9.87. The van der Waals surface area contributed by atoms with Crippen LogP contribution in [-0.4, -0.2) is 18.8 Å². The van der Waals surface area contributed by atoms with Gasteiger partial charge in [-0.05, 0) is 31.6 Å². The van der Waals surface area contributed by atoms with Gasteiger partial charge in [0, 0.05) is 12.1 Å². The van der Waals surface area contributed by atoms with Crippen LogP contribution in [0.1, 0.15) is 25.7 Å². The Kier molecular flexibility index (Phi) is 5.62. The summed E-state index contributed by atoms with van der Waals surface area (Å²) in [4.78, 5) is 0. The molecule has 0 spiro atoms. The second kappa shape index (κ2) is 7.29. The van der Waals surface area contributed by atoms with Gasteiger partial charge in [-0.3, -0.25) is 0 Å². The molecule has 0 unspecified atom stereocenters. The molecule has 0 aromatic heterocycles. The van der Waals surface area contributed by atoms with Crippen LogP contribution in [0.25, 0.3) is 0 Å². The van der Waals surface area contributed by atoms with Gasteiger partial charge in [0.05, 0.1) is 6.10 Å². The van der Waals surface area contributed by atoms with E-state index in [1.54, 1.807) is 0 Å². The van der Waals surface area contributed by atoms with E-state index in [1.165, 1.54) is 0 Å². The lowest BCUT2D eigenvalue weighted by Crippen LogP contribution is -2.34. The van der Waals surface area contributed by atoms with Crippen LogP contribution in [0, 0.1) is 23.4 Å². The Labute approximate surface area is 130 Å². The van der Waals surface area contributed by atoms with Gasteiger partial charge in [-0.2, -0.15) is 8.78 Å².